The van der Waals surface area contributed by atoms with Gasteiger partial charge in [-0.25, -0.2) is 9.97 Å². The fourth-order valence-corrected chi connectivity index (χ4v) is 1.73. The van der Waals surface area contributed by atoms with Crippen LogP contribution in [0.15, 0.2) is 18.6 Å². The highest BCUT2D eigenvalue weighted by Crippen LogP contribution is 2.56. The summed E-state index contributed by atoms with van der Waals surface area (Å²) in [5.41, 5.74) is 7.20. The molecule has 2 rings (SSSR count). The van der Waals surface area contributed by atoms with Crippen molar-refractivity contribution in [3.8, 4) is 0 Å². The molecule has 2 atom stereocenters. The summed E-state index contributed by atoms with van der Waals surface area (Å²) in [6.07, 6.45) is 3.35. The third-order valence-corrected chi connectivity index (χ3v) is 2.83. The maximum Gasteiger partial charge on any atom is 0.115 e. The van der Waals surface area contributed by atoms with Crippen molar-refractivity contribution >= 4 is 0 Å². The Morgan fingerprint density at radius 3 is 2.58 bits per heavy atom. The predicted octanol–water partition coefficient (Wildman–Crippen LogP) is 0.927. The molecule has 0 bridgehead atoms. The Bertz CT molecular complexity index is 281. The summed E-state index contributed by atoms with van der Waals surface area (Å²) in [6.45, 7) is 4.34. The molecule has 64 valence electrons. The molecule has 3 nitrogen and oxygen atoms in total. The topological polar surface area (TPSA) is 51.8 Å². The van der Waals surface area contributed by atoms with Gasteiger partial charge in [0.2, 0.25) is 0 Å². The number of hydrogen-bond donors (Lipinski definition) is 1. The van der Waals surface area contributed by atoms with Crippen LogP contribution in [0.2, 0.25) is 0 Å². The van der Waals surface area contributed by atoms with Gasteiger partial charge < -0.3 is 5.73 Å². The SMILES string of the molecule is CC1(C)[C@H](N)[C@H]1c1ccncn1. The number of hydrogen-bond acceptors (Lipinski definition) is 3. The lowest BCUT2D eigenvalue weighted by atomic mass is 10.1. The van der Waals surface area contributed by atoms with Crippen LogP contribution in [0.25, 0.3) is 0 Å². The maximum atomic E-state index is 5.92. The molecular formula is C9H13N3. The smallest absolute Gasteiger partial charge is 0.115 e. The van der Waals surface area contributed by atoms with Gasteiger partial charge in [-0.05, 0) is 11.5 Å². The fourth-order valence-electron chi connectivity index (χ4n) is 1.73. The van der Waals surface area contributed by atoms with E-state index in [0.29, 0.717) is 5.92 Å². The molecule has 1 aliphatic carbocycles. The van der Waals surface area contributed by atoms with Crippen molar-refractivity contribution in [3.63, 3.8) is 0 Å². The van der Waals surface area contributed by atoms with Crippen LogP contribution in [-0.2, 0) is 0 Å². The summed E-state index contributed by atoms with van der Waals surface area (Å²) in [5.74, 6) is 0.417. The zero-order chi connectivity index (χ0) is 8.77. The third-order valence-electron chi connectivity index (χ3n) is 2.83. The minimum atomic E-state index is 0.217. The molecule has 12 heavy (non-hydrogen) atoms. The summed E-state index contributed by atoms with van der Waals surface area (Å²) in [6, 6.07) is 2.20. The van der Waals surface area contributed by atoms with Gasteiger partial charge in [-0.2, -0.15) is 0 Å². The predicted molar refractivity (Wildman–Crippen MR) is 46.5 cm³/mol. The van der Waals surface area contributed by atoms with Gasteiger partial charge in [0.25, 0.3) is 0 Å². The molecule has 0 radical (unpaired) electrons. The van der Waals surface area contributed by atoms with E-state index in [-0.39, 0.29) is 11.5 Å². The van der Waals surface area contributed by atoms with Crippen LogP contribution >= 0.6 is 0 Å². The van der Waals surface area contributed by atoms with Gasteiger partial charge >= 0.3 is 0 Å². The maximum absolute atomic E-state index is 5.92. The molecule has 2 N–H and O–H groups in total. The monoisotopic (exact) mass is 163 g/mol. The van der Waals surface area contributed by atoms with Gasteiger partial charge in [-0.15, -0.1) is 0 Å². The number of rotatable bonds is 1. The van der Waals surface area contributed by atoms with Crippen LogP contribution in [0.1, 0.15) is 25.5 Å². The standard InChI is InChI=1S/C9H13N3/c1-9(2)7(8(9)10)6-3-4-11-5-12-6/h3-5,7-8H,10H2,1-2H3/t7-,8-/m1/s1. The lowest BCUT2D eigenvalue weighted by Gasteiger charge is -1.99. The van der Waals surface area contributed by atoms with E-state index in [0.717, 1.165) is 5.69 Å². The number of aromatic nitrogens is 2. The van der Waals surface area contributed by atoms with Gasteiger partial charge in [0.15, 0.2) is 0 Å². The minimum Gasteiger partial charge on any atom is -0.327 e. The van der Waals surface area contributed by atoms with Crippen LogP contribution in [0, 0.1) is 5.41 Å². The summed E-state index contributed by atoms with van der Waals surface area (Å²) in [5, 5.41) is 0. The molecule has 1 fully saturated rings. The van der Waals surface area contributed by atoms with Gasteiger partial charge in [0, 0.05) is 23.9 Å². The molecule has 1 aromatic heterocycles. The first kappa shape index (κ1) is 7.68. The highest BCUT2D eigenvalue weighted by Gasteiger charge is 2.56. The van der Waals surface area contributed by atoms with E-state index in [1.54, 1.807) is 12.5 Å². The van der Waals surface area contributed by atoms with Gasteiger partial charge in [0.1, 0.15) is 6.33 Å². The van der Waals surface area contributed by atoms with E-state index < -0.39 is 0 Å². The largest absolute Gasteiger partial charge is 0.327 e. The minimum absolute atomic E-state index is 0.217. The molecule has 0 unspecified atom stereocenters. The molecule has 1 aromatic rings. The van der Waals surface area contributed by atoms with E-state index in [4.69, 9.17) is 5.73 Å². The normalized spacial score (nSPS) is 31.6. The average Bonchev–Trinajstić information content (AvgIpc) is 2.53. The van der Waals surface area contributed by atoms with Gasteiger partial charge in [0.05, 0.1) is 0 Å². The molecule has 1 aliphatic rings. The first-order chi connectivity index (χ1) is 5.64. The Morgan fingerprint density at radius 2 is 2.17 bits per heavy atom. The Morgan fingerprint density at radius 1 is 1.50 bits per heavy atom. The molecule has 0 aromatic carbocycles. The zero-order valence-electron chi connectivity index (χ0n) is 7.36. The molecule has 1 saturated carbocycles. The van der Waals surface area contributed by atoms with Crippen LogP contribution in [0.5, 0.6) is 0 Å². The van der Waals surface area contributed by atoms with Crippen LogP contribution in [-0.4, -0.2) is 16.0 Å². The van der Waals surface area contributed by atoms with Crippen molar-refractivity contribution in [3.05, 3.63) is 24.3 Å². The second-order valence-electron chi connectivity index (χ2n) is 3.96. The third kappa shape index (κ3) is 0.932. The first-order valence-electron chi connectivity index (χ1n) is 4.15. The molecular weight excluding hydrogens is 150 g/mol. The lowest BCUT2D eigenvalue weighted by molar-refractivity contribution is 0.595. The zero-order valence-corrected chi connectivity index (χ0v) is 7.36. The highest BCUT2D eigenvalue weighted by atomic mass is 14.9. The fraction of sp³-hybridized carbons (Fsp3) is 0.556. The molecule has 0 saturated heterocycles. The van der Waals surface area contributed by atoms with Crippen LogP contribution < -0.4 is 5.73 Å². The van der Waals surface area contributed by atoms with Gasteiger partial charge in [-0.1, -0.05) is 13.8 Å². The van der Waals surface area contributed by atoms with Crippen molar-refractivity contribution in [1.29, 1.82) is 0 Å². The Kier molecular flexibility index (Phi) is 1.45. The Balaban J connectivity index is 2.25. The summed E-state index contributed by atoms with van der Waals surface area (Å²) in [4.78, 5) is 8.07. The molecule has 3 heteroatoms. The van der Waals surface area contributed by atoms with Crippen LogP contribution in [0.3, 0.4) is 0 Å². The molecule has 0 spiro atoms. The van der Waals surface area contributed by atoms with Crippen molar-refractivity contribution in [2.75, 3.05) is 0 Å². The first-order valence-corrected chi connectivity index (χ1v) is 4.15. The van der Waals surface area contributed by atoms with Crippen molar-refractivity contribution in [2.24, 2.45) is 11.1 Å². The van der Waals surface area contributed by atoms with Crippen molar-refractivity contribution < 1.29 is 0 Å². The molecule has 0 amide bonds. The average molecular weight is 163 g/mol. The summed E-state index contributed by atoms with van der Waals surface area (Å²) in [7, 11) is 0. The Hall–Kier alpha value is -0.960. The second kappa shape index (κ2) is 2.26. The van der Waals surface area contributed by atoms with E-state index in [1.165, 1.54) is 0 Å². The summed E-state index contributed by atoms with van der Waals surface area (Å²) < 4.78 is 0. The molecule has 1 heterocycles. The molecule has 0 aliphatic heterocycles. The lowest BCUT2D eigenvalue weighted by Crippen LogP contribution is -2.06. The second-order valence-corrected chi connectivity index (χ2v) is 3.96. The van der Waals surface area contributed by atoms with E-state index in [9.17, 15) is 0 Å². The number of nitrogens with two attached hydrogens (primary N) is 1. The van der Waals surface area contributed by atoms with E-state index >= 15 is 0 Å². The van der Waals surface area contributed by atoms with Crippen LogP contribution in [0.4, 0.5) is 0 Å². The van der Waals surface area contributed by atoms with Crippen molar-refractivity contribution in [1.82, 2.24) is 9.97 Å². The summed E-state index contributed by atoms with van der Waals surface area (Å²) >= 11 is 0. The Labute approximate surface area is 72.0 Å². The number of nitrogens with zero attached hydrogens (tertiary/aromatic N) is 2. The van der Waals surface area contributed by atoms with Crippen molar-refractivity contribution in [2.45, 2.75) is 25.8 Å². The van der Waals surface area contributed by atoms with E-state index in [1.807, 2.05) is 6.07 Å². The highest BCUT2D eigenvalue weighted by molar-refractivity contribution is 5.27. The van der Waals surface area contributed by atoms with Gasteiger partial charge in [-0.3, -0.25) is 0 Å². The quantitative estimate of drug-likeness (QED) is 0.670. The van der Waals surface area contributed by atoms with E-state index in [2.05, 4.69) is 23.8 Å².